The minimum Gasteiger partial charge on any atom is -0.311 e. The van der Waals surface area contributed by atoms with Crippen molar-refractivity contribution in [3.8, 4) is 0 Å². The van der Waals surface area contributed by atoms with E-state index < -0.39 is 0 Å². The van der Waals surface area contributed by atoms with E-state index in [1.807, 2.05) is 35.2 Å². The molecule has 0 atom stereocenters. The molecule has 0 saturated heterocycles. The van der Waals surface area contributed by atoms with Crippen LogP contribution in [-0.4, -0.2) is 19.0 Å². The number of para-hydroxylation sites is 1. The normalized spacial score (nSPS) is 13.8. The van der Waals surface area contributed by atoms with Crippen molar-refractivity contribution in [3.63, 3.8) is 0 Å². The van der Waals surface area contributed by atoms with Crippen molar-refractivity contribution in [2.24, 2.45) is 0 Å². The van der Waals surface area contributed by atoms with Crippen LogP contribution in [0, 0.1) is 6.92 Å². The van der Waals surface area contributed by atoms with Crippen LogP contribution in [0.15, 0.2) is 48.5 Å². The van der Waals surface area contributed by atoms with E-state index in [-0.39, 0.29) is 18.3 Å². The lowest BCUT2D eigenvalue weighted by Gasteiger charge is -2.22. The van der Waals surface area contributed by atoms with E-state index in [2.05, 4.69) is 30.4 Å². The van der Waals surface area contributed by atoms with Gasteiger partial charge in [-0.25, -0.2) is 0 Å². The minimum absolute atomic E-state index is 0. The Balaban J connectivity index is 0.00000176. The second kappa shape index (κ2) is 7.43. The second-order valence-electron chi connectivity index (χ2n) is 5.51. The van der Waals surface area contributed by atoms with Crippen LogP contribution >= 0.6 is 12.4 Å². The molecule has 4 heteroatoms. The number of benzene rings is 2. The van der Waals surface area contributed by atoms with E-state index in [4.69, 9.17) is 0 Å². The molecule has 0 bridgehead atoms. The number of aryl methyl sites for hydroxylation is 1. The van der Waals surface area contributed by atoms with Crippen LogP contribution in [0.2, 0.25) is 0 Å². The first-order valence-electron chi connectivity index (χ1n) is 7.38. The highest BCUT2D eigenvalue weighted by Crippen LogP contribution is 2.23. The molecule has 1 aliphatic heterocycles. The van der Waals surface area contributed by atoms with E-state index in [0.717, 1.165) is 30.9 Å². The predicted molar refractivity (Wildman–Crippen MR) is 92.6 cm³/mol. The monoisotopic (exact) mass is 316 g/mol. The Morgan fingerprint density at radius 3 is 2.64 bits per heavy atom. The maximum absolute atomic E-state index is 12.7. The number of amides is 1. The summed E-state index contributed by atoms with van der Waals surface area (Å²) in [5, 5.41) is 3.37. The molecule has 1 N–H and O–H groups in total. The van der Waals surface area contributed by atoms with Gasteiger partial charge in [0.2, 0.25) is 5.91 Å². The summed E-state index contributed by atoms with van der Waals surface area (Å²) in [6.07, 6.45) is 0.453. The van der Waals surface area contributed by atoms with Gasteiger partial charge >= 0.3 is 0 Å². The SMILES string of the molecule is Cc1ccc(CC(=O)N2CCNCc3ccccc32)cc1.Cl. The molecule has 2 aromatic rings. The van der Waals surface area contributed by atoms with Crippen molar-refractivity contribution < 1.29 is 4.79 Å². The Morgan fingerprint density at radius 2 is 1.86 bits per heavy atom. The lowest BCUT2D eigenvalue weighted by atomic mass is 10.1. The topological polar surface area (TPSA) is 32.3 Å². The van der Waals surface area contributed by atoms with Crippen molar-refractivity contribution in [2.45, 2.75) is 19.9 Å². The third-order valence-corrected chi connectivity index (χ3v) is 3.89. The molecule has 2 aromatic carbocycles. The molecule has 116 valence electrons. The number of anilines is 1. The van der Waals surface area contributed by atoms with Crippen molar-refractivity contribution >= 4 is 24.0 Å². The number of rotatable bonds is 2. The van der Waals surface area contributed by atoms with E-state index in [1.165, 1.54) is 11.1 Å². The molecule has 1 aliphatic rings. The molecule has 22 heavy (non-hydrogen) atoms. The fraction of sp³-hybridized carbons (Fsp3) is 0.278. The van der Waals surface area contributed by atoms with Gasteiger partial charge in [-0.1, -0.05) is 48.0 Å². The maximum atomic E-state index is 12.7. The Morgan fingerprint density at radius 1 is 1.14 bits per heavy atom. The number of carbonyl (C=O) groups excluding carboxylic acids is 1. The number of carbonyl (C=O) groups is 1. The van der Waals surface area contributed by atoms with E-state index >= 15 is 0 Å². The average Bonchev–Trinajstić information content (AvgIpc) is 2.72. The minimum atomic E-state index is 0. The Kier molecular flexibility index (Phi) is 5.58. The largest absolute Gasteiger partial charge is 0.311 e. The van der Waals surface area contributed by atoms with Gasteiger partial charge in [0.15, 0.2) is 0 Å². The number of halogens is 1. The fourth-order valence-electron chi connectivity index (χ4n) is 2.69. The zero-order valence-corrected chi connectivity index (χ0v) is 13.5. The van der Waals surface area contributed by atoms with Crippen LogP contribution in [0.4, 0.5) is 5.69 Å². The lowest BCUT2D eigenvalue weighted by molar-refractivity contribution is -0.118. The number of fused-ring (bicyclic) bond motifs is 1. The number of nitrogens with zero attached hydrogens (tertiary/aromatic N) is 1. The van der Waals surface area contributed by atoms with Gasteiger partial charge in [-0.05, 0) is 24.1 Å². The summed E-state index contributed by atoms with van der Waals surface area (Å²) in [4.78, 5) is 14.6. The van der Waals surface area contributed by atoms with E-state index in [1.54, 1.807) is 0 Å². The fourth-order valence-corrected chi connectivity index (χ4v) is 2.69. The van der Waals surface area contributed by atoms with Gasteiger partial charge in [-0.2, -0.15) is 0 Å². The summed E-state index contributed by atoms with van der Waals surface area (Å²) in [7, 11) is 0. The number of nitrogens with one attached hydrogen (secondary N) is 1. The zero-order valence-electron chi connectivity index (χ0n) is 12.7. The molecule has 3 rings (SSSR count). The number of hydrogen-bond acceptors (Lipinski definition) is 2. The average molecular weight is 317 g/mol. The third kappa shape index (κ3) is 3.67. The first kappa shape index (κ1) is 16.5. The quantitative estimate of drug-likeness (QED) is 0.923. The van der Waals surface area contributed by atoms with Crippen LogP contribution < -0.4 is 10.2 Å². The van der Waals surface area contributed by atoms with Crippen molar-refractivity contribution in [3.05, 3.63) is 65.2 Å². The van der Waals surface area contributed by atoms with Gasteiger partial charge in [-0.3, -0.25) is 4.79 Å². The molecule has 3 nitrogen and oxygen atoms in total. The van der Waals surface area contributed by atoms with Gasteiger partial charge in [0.05, 0.1) is 6.42 Å². The first-order valence-corrected chi connectivity index (χ1v) is 7.38. The van der Waals surface area contributed by atoms with Crippen molar-refractivity contribution in [1.82, 2.24) is 5.32 Å². The standard InChI is InChI=1S/C18H20N2O.ClH/c1-14-6-8-15(9-7-14)12-18(21)20-11-10-19-13-16-4-2-3-5-17(16)20;/h2-9,19H,10-13H2,1H3;1H. The Hall–Kier alpha value is -1.84. The van der Waals surface area contributed by atoms with Crippen LogP contribution in [0.3, 0.4) is 0 Å². The van der Waals surface area contributed by atoms with Gasteiger partial charge in [0.25, 0.3) is 0 Å². The Bertz CT molecular complexity index is 640. The maximum Gasteiger partial charge on any atom is 0.231 e. The molecule has 0 unspecified atom stereocenters. The van der Waals surface area contributed by atoms with Crippen LogP contribution in [0.1, 0.15) is 16.7 Å². The molecule has 0 aliphatic carbocycles. The van der Waals surface area contributed by atoms with Gasteiger partial charge < -0.3 is 10.2 Å². The van der Waals surface area contributed by atoms with E-state index in [9.17, 15) is 4.79 Å². The van der Waals surface area contributed by atoms with Gasteiger partial charge in [0.1, 0.15) is 0 Å². The molecule has 0 radical (unpaired) electrons. The molecular weight excluding hydrogens is 296 g/mol. The highest BCUT2D eigenvalue weighted by molar-refractivity contribution is 5.95. The van der Waals surface area contributed by atoms with Crippen LogP contribution in [-0.2, 0) is 17.8 Å². The van der Waals surface area contributed by atoms with Crippen LogP contribution in [0.25, 0.3) is 0 Å². The smallest absolute Gasteiger partial charge is 0.231 e. The van der Waals surface area contributed by atoms with Gasteiger partial charge in [-0.15, -0.1) is 12.4 Å². The summed E-state index contributed by atoms with van der Waals surface area (Å²) in [6.45, 7) is 4.43. The highest BCUT2D eigenvalue weighted by Gasteiger charge is 2.20. The summed E-state index contributed by atoms with van der Waals surface area (Å²) in [6, 6.07) is 16.3. The molecule has 0 fully saturated rings. The molecule has 0 spiro atoms. The molecule has 0 aromatic heterocycles. The number of hydrogen-bond donors (Lipinski definition) is 1. The molecule has 1 amide bonds. The summed E-state index contributed by atoms with van der Waals surface area (Å²) in [5.41, 5.74) is 4.52. The van der Waals surface area contributed by atoms with E-state index in [0.29, 0.717) is 6.42 Å². The third-order valence-electron chi connectivity index (χ3n) is 3.89. The van der Waals surface area contributed by atoms with Crippen molar-refractivity contribution in [2.75, 3.05) is 18.0 Å². The molecule has 1 heterocycles. The highest BCUT2D eigenvalue weighted by atomic mass is 35.5. The lowest BCUT2D eigenvalue weighted by Crippen LogP contribution is -2.35. The first-order chi connectivity index (χ1) is 10.2. The van der Waals surface area contributed by atoms with Gasteiger partial charge in [0, 0.05) is 25.3 Å². The predicted octanol–water partition coefficient (Wildman–Crippen LogP) is 3.10. The second-order valence-corrected chi connectivity index (χ2v) is 5.51. The zero-order chi connectivity index (χ0) is 14.7. The Labute approximate surface area is 137 Å². The van der Waals surface area contributed by atoms with Crippen molar-refractivity contribution in [1.29, 1.82) is 0 Å². The molecular formula is C18H21ClN2O. The van der Waals surface area contributed by atoms with Crippen LogP contribution in [0.5, 0.6) is 0 Å². The summed E-state index contributed by atoms with van der Waals surface area (Å²) < 4.78 is 0. The summed E-state index contributed by atoms with van der Waals surface area (Å²) >= 11 is 0. The summed E-state index contributed by atoms with van der Waals surface area (Å²) in [5.74, 6) is 0.162. The molecule has 0 saturated carbocycles.